The lowest BCUT2D eigenvalue weighted by molar-refractivity contribution is 0.889. The number of nitrogens with zero attached hydrogens (tertiary/aromatic N) is 1. The lowest BCUT2D eigenvalue weighted by Crippen LogP contribution is -2.17. The Bertz CT molecular complexity index is 575. The van der Waals surface area contributed by atoms with Gasteiger partial charge in [-0.15, -0.1) is 11.3 Å². The van der Waals surface area contributed by atoms with Crippen molar-refractivity contribution >= 4 is 34.3 Å². The Morgan fingerprint density at radius 2 is 2.05 bits per heavy atom. The molecule has 1 unspecified atom stereocenters. The average Bonchev–Trinajstić information content (AvgIpc) is 3.10. The molecule has 2 nitrogen and oxygen atoms in total. The molecule has 0 radical (unpaired) electrons. The molecule has 1 fully saturated rings. The van der Waals surface area contributed by atoms with Gasteiger partial charge < -0.3 is 10.2 Å². The summed E-state index contributed by atoms with van der Waals surface area (Å²) in [4.78, 5) is 2.46. The van der Waals surface area contributed by atoms with Crippen LogP contribution >= 0.6 is 22.9 Å². The first kappa shape index (κ1) is 13.8. The third-order valence-corrected chi connectivity index (χ3v) is 4.90. The van der Waals surface area contributed by atoms with Gasteiger partial charge in [-0.1, -0.05) is 17.7 Å². The lowest BCUT2D eigenvalue weighted by atomic mass is 10.1. The summed E-state index contributed by atoms with van der Waals surface area (Å²) in [6.07, 6.45) is 2.61. The van der Waals surface area contributed by atoms with Crippen LogP contribution in [0.2, 0.25) is 4.34 Å². The third-order valence-electron chi connectivity index (χ3n) is 3.79. The van der Waals surface area contributed by atoms with E-state index < -0.39 is 0 Å². The lowest BCUT2D eigenvalue weighted by Gasteiger charge is -2.20. The maximum Gasteiger partial charge on any atom is 0.0931 e. The Balaban J connectivity index is 1.72. The molecule has 0 amide bonds. The van der Waals surface area contributed by atoms with Crippen molar-refractivity contribution in [3.8, 4) is 0 Å². The highest BCUT2D eigenvalue weighted by atomic mass is 35.5. The number of anilines is 2. The number of halogens is 1. The van der Waals surface area contributed by atoms with E-state index in [0.717, 1.165) is 4.34 Å². The van der Waals surface area contributed by atoms with Crippen LogP contribution < -0.4 is 10.2 Å². The van der Waals surface area contributed by atoms with Gasteiger partial charge in [0.1, 0.15) is 0 Å². The van der Waals surface area contributed by atoms with Crippen LogP contribution in [0.25, 0.3) is 0 Å². The van der Waals surface area contributed by atoms with Gasteiger partial charge in [0.05, 0.1) is 4.34 Å². The predicted molar refractivity (Wildman–Crippen MR) is 89.3 cm³/mol. The van der Waals surface area contributed by atoms with Crippen molar-refractivity contribution in [1.82, 2.24) is 0 Å². The molecule has 106 valence electrons. The molecule has 1 aromatic carbocycles. The van der Waals surface area contributed by atoms with Gasteiger partial charge in [-0.25, -0.2) is 0 Å². The van der Waals surface area contributed by atoms with Crippen LogP contribution in [0.5, 0.6) is 0 Å². The Hall–Kier alpha value is -1.19. The van der Waals surface area contributed by atoms with Crippen LogP contribution in [0.4, 0.5) is 11.4 Å². The van der Waals surface area contributed by atoms with Crippen molar-refractivity contribution in [3.05, 3.63) is 45.6 Å². The zero-order chi connectivity index (χ0) is 13.9. The van der Waals surface area contributed by atoms with Crippen LogP contribution in [-0.4, -0.2) is 13.1 Å². The van der Waals surface area contributed by atoms with Crippen molar-refractivity contribution in [1.29, 1.82) is 0 Å². The fraction of sp³-hybridized carbons (Fsp3) is 0.375. The fourth-order valence-corrected chi connectivity index (χ4v) is 3.64. The van der Waals surface area contributed by atoms with Crippen molar-refractivity contribution in [3.63, 3.8) is 0 Å². The molecule has 1 aliphatic rings. The summed E-state index contributed by atoms with van der Waals surface area (Å²) in [5.41, 5.74) is 3.74. The quantitative estimate of drug-likeness (QED) is 0.837. The summed E-state index contributed by atoms with van der Waals surface area (Å²) < 4.78 is 0.847. The Labute approximate surface area is 129 Å². The second kappa shape index (κ2) is 6.06. The zero-order valence-electron chi connectivity index (χ0n) is 11.6. The Morgan fingerprint density at radius 3 is 2.75 bits per heavy atom. The van der Waals surface area contributed by atoms with E-state index in [4.69, 9.17) is 11.6 Å². The number of nitrogens with one attached hydrogen (secondary N) is 1. The van der Waals surface area contributed by atoms with Gasteiger partial charge in [-0.3, -0.25) is 0 Å². The van der Waals surface area contributed by atoms with Gasteiger partial charge in [-0.2, -0.15) is 0 Å². The normalized spacial score (nSPS) is 16.4. The summed E-state index contributed by atoms with van der Waals surface area (Å²) in [7, 11) is 0. The number of benzene rings is 1. The molecule has 1 aliphatic heterocycles. The molecule has 4 heteroatoms. The minimum absolute atomic E-state index is 0.271. The van der Waals surface area contributed by atoms with Crippen LogP contribution in [0.15, 0.2) is 35.7 Å². The highest BCUT2D eigenvalue weighted by molar-refractivity contribution is 7.14. The van der Waals surface area contributed by atoms with Crippen LogP contribution in [0, 0.1) is 0 Å². The highest BCUT2D eigenvalue weighted by Gasteiger charge is 2.13. The van der Waals surface area contributed by atoms with E-state index in [1.54, 1.807) is 11.3 Å². The maximum absolute atomic E-state index is 6.00. The van der Waals surface area contributed by atoms with Gasteiger partial charge in [0, 0.05) is 30.5 Å². The summed E-state index contributed by atoms with van der Waals surface area (Å²) in [5, 5.41) is 5.67. The van der Waals surface area contributed by atoms with Gasteiger partial charge in [0.15, 0.2) is 0 Å². The number of thiophene rings is 1. The first-order chi connectivity index (χ1) is 9.72. The smallest absolute Gasteiger partial charge is 0.0931 e. The van der Waals surface area contributed by atoms with Gasteiger partial charge in [-0.05, 0) is 55.0 Å². The van der Waals surface area contributed by atoms with E-state index in [2.05, 4.69) is 46.8 Å². The maximum atomic E-state index is 6.00. The number of rotatable bonds is 4. The van der Waals surface area contributed by atoms with E-state index in [-0.39, 0.29) is 6.04 Å². The molecule has 0 saturated carbocycles. The first-order valence-corrected chi connectivity index (χ1v) is 8.33. The number of hydrogen-bond donors (Lipinski definition) is 1. The molecule has 1 aromatic heterocycles. The largest absolute Gasteiger partial charge is 0.378 e. The highest BCUT2D eigenvalue weighted by Crippen LogP contribution is 2.29. The molecule has 2 heterocycles. The molecule has 1 N–H and O–H groups in total. The summed E-state index contributed by atoms with van der Waals surface area (Å²) in [5.74, 6) is 0. The van der Waals surface area contributed by atoms with Gasteiger partial charge in [0.25, 0.3) is 0 Å². The monoisotopic (exact) mass is 306 g/mol. The standard InChI is InChI=1S/C16H19ClN2S/c1-12(13-9-16(17)20-11-13)18-14-5-4-6-15(10-14)19-7-2-3-8-19/h4-6,9-12,18H,2-3,7-8H2,1H3. The van der Waals surface area contributed by atoms with Crippen LogP contribution in [0.1, 0.15) is 31.4 Å². The topological polar surface area (TPSA) is 15.3 Å². The molecule has 2 aromatic rings. The summed E-state index contributed by atoms with van der Waals surface area (Å²) in [6, 6.07) is 11.0. The molecule has 1 atom stereocenters. The van der Waals surface area contributed by atoms with Crippen molar-refractivity contribution < 1.29 is 0 Å². The van der Waals surface area contributed by atoms with Gasteiger partial charge in [0.2, 0.25) is 0 Å². The molecular formula is C16H19ClN2S. The molecule has 0 spiro atoms. The zero-order valence-corrected chi connectivity index (χ0v) is 13.2. The van der Waals surface area contributed by atoms with Gasteiger partial charge >= 0.3 is 0 Å². The predicted octanol–water partition coefficient (Wildman–Crippen LogP) is 5.17. The van der Waals surface area contributed by atoms with Crippen LogP contribution in [0.3, 0.4) is 0 Å². The van der Waals surface area contributed by atoms with E-state index in [1.807, 2.05) is 6.07 Å². The molecule has 0 bridgehead atoms. The van der Waals surface area contributed by atoms with E-state index in [9.17, 15) is 0 Å². The van der Waals surface area contributed by atoms with E-state index >= 15 is 0 Å². The first-order valence-electron chi connectivity index (χ1n) is 7.08. The second-order valence-corrected chi connectivity index (χ2v) is 6.84. The van der Waals surface area contributed by atoms with Crippen molar-refractivity contribution in [2.45, 2.75) is 25.8 Å². The summed E-state index contributed by atoms with van der Waals surface area (Å²) in [6.45, 7) is 4.53. The fourth-order valence-electron chi connectivity index (χ4n) is 2.65. The summed E-state index contributed by atoms with van der Waals surface area (Å²) >= 11 is 7.59. The van der Waals surface area contributed by atoms with Crippen molar-refractivity contribution in [2.24, 2.45) is 0 Å². The van der Waals surface area contributed by atoms with Crippen LogP contribution in [-0.2, 0) is 0 Å². The molecular weight excluding hydrogens is 288 g/mol. The van der Waals surface area contributed by atoms with E-state index in [0.29, 0.717) is 0 Å². The minimum atomic E-state index is 0.271. The molecule has 0 aliphatic carbocycles. The number of hydrogen-bond acceptors (Lipinski definition) is 3. The third kappa shape index (κ3) is 3.10. The SMILES string of the molecule is CC(Nc1cccc(N2CCCC2)c1)c1csc(Cl)c1. The van der Waals surface area contributed by atoms with E-state index in [1.165, 1.54) is 42.9 Å². The molecule has 3 rings (SSSR count). The Morgan fingerprint density at radius 1 is 1.25 bits per heavy atom. The molecule has 20 heavy (non-hydrogen) atoms. The minimum Gasteiger partial charge on any atom is -0.378 e. The average molecular weight is 307 g/mol. The van der Waals surface area contributed by atoms with Crippen molar-refractivity contribution in [2.75, 3.05) is 23.3 Å². The Kier molecular flexibility index (Phi) is 4.18. The molecule has 1 saturated heterocycles. The second-order valence-electron chi connectivity index (χ2n) is 5.29.